The van der Waals surface area contributed by atoms with Crippen LogP contribution in [0.2, 0.25) is 0 Å². The number of hydrogen-bond acceptors (Lipinski definition) is 5. The molecule has 1 saturated heterocycles. The number of nitrogens with one attached hydrogen (secondary N) is 1. The first-order valence-electron chi connectivity index (χ1n) is 11.6. The number of nitrogens with zero attached hydrogens (tertiary/aromatic N) is 3. The number of ether oxygens (including phenoxy) is 1. The van der Waals surface area contributed by atoms with Crippen LogP contribution < -0.4 is 5.32 Å². The zero-order valence-electron chi connectivity index (χ0n) is 19.9. The van der Waals surface area contributed by atoms with E-state index in [4.69, 9.17) is 4.74 Å². The zero-order chi connectivity index (χ0) is 25.0. The van der Waals surface area contributed by atoms with E-state index >= 15 is 0 Å². The van der Waals surface area contributed by atoms with Crippen molar-refractivity contribution >= 4 is 32.9 Å². The first-order valence-corrected chi connectivity index (χ1v) is 13.0. The topological polar surface area (TPSA) is 101 Å². The second-order valence-corrected chi connectivity index (χ2v) is 10.4. The number of benzene rings is 2. The molecule has 1 unspecified atom stereocenters. The smallest absolute Gasteiger partial charge is 0.317 e. The fourth-order valence-electron chi connectivity index (χ4n) is 4.27. The number of esters is 1. The summed E-state index contributed by atoms with van der Waals surface area (Å²) in [7, 11) is -1.76. The maximum atomic E-state index is 13.2. The lowest BCUT2D eigenvalue weighted by atomic mass is 10.0. The van der Waals surface area contributed by atoms with Gasteiger partial charge in [-0.2, -0.15) is 4.31 Å². The second kappa shape index (κ2) is 10.5. The van der Waals surface area contributed by atoms with Crippen LogP contribution in [-0.4, -0.2) is 67.0 Å². The standard InChI is InChI=1S/C25H30N4O5S/c1-3-34-24(30)18-22(19-7-5-4-6-8-19)26-25(31)28-13-15-29(16-14-28)35(32,33)21-9-10-23-20(17-21)11-12-27(23)2/h4-12,17,22H,3,13-16,18H2,1-2H3,(H,26,31). The quantitative estimate of drug-likeness (QED) is 0.505. The Hall–Kier alpha value is -3.37. The van der Waals surface area contributed by atoms with Gasteiger partial charge in [-0.1, -0.05) is 30.3 Å². The zero-order valence-corrected chi connectivity index (χ0v) is 20.7. The van der Waals surface area contributed by atoms with Crippen LogP contribution in [-0.2, 0) is 26.6 Å². The molecule has 4 rings (SSSR count). The average Bonchev–Trinajstić information content (AvgIpc) is 3.24. The summed E-state index contributed by atoms with van der Waals surface area (Å²) < 4.78 is 34.8. The van der Waals surface area contributed by atoms with E-state index in [1.807, 2.05) is 54.2 Å². The van der Waals surface area contributed by atoms with Crippen molar-refractivity contribution in [1.82, 2.24) is 19.1 Å². The molecule has 2 amide bonds. The number of amides is 2. The number of fused-ring (bicyclic) bond motifs is 1. The first kappa shape index (κ1) is 24.7. The normalized spacial score (nSPS) is 15.7. The highest BCUT2D eigenvalue weighted by atomic mass is 32.2. The van der Waals surface area contributed by atoms with Crippen molar-refractivity contribution in [3.8, 4) is 0 Å². The molecule has 0 saturated carbocycles. The van der Waals surface area contributed by atoms with Crippen LogP contribution in [0.3, 0.4) is 0 Å². The van der Waals surface area contributed by atoms with Gasteiger partial charge in [-0.15, -0.1) is 0 Å². The van der Waals surface area contributed by atoms with E-state index in [9.17, 15) is 18.0 Å². The molecule has 2 heterocycles. The molecule has 1 N–H and O–H groups in total. The molecule has 1 aliphatic rings. The molecular weight excluding hydrogens is 468 g/mol. The van der Waals surface area contributed by atoms with Crippen molar-refractivity contribution in [2.75, 3.05) is 32.8 Å². The number of urea groups is 1. The highest BCUT2D eigenvalue weighted by molar-refractivity contribution is 7.89. The van der Waals surface area contributed by atoms with Gasteiger partial charge < -0.3 is 19.5 Å². The molecule has 2 aromatic carbocycles. The van der Waals surface area contributed by atoms with Gasteiger partial charge in [-0.05, 0) is 36.8 Å². The lowest BCUT2D eigenvalue weighted by Gasteiger charge is -2.35. The summed E-state index contributed by atoms with van der Waals surface area (Å²) in [6.45, 7) is 2.88. The van der Waals surface area contributed by atoms with Crippen molar-refractivity contribution in [2.45, 2.75) is 24.3 Å². The molecule has 1 aromatic heterocycles. The van der Waals surface area contributed by atoms with Gasteiger partial charge in [0.05, 0.1) is 24.0 Å². The van der Waals surface area contributed by atoms with E-state index in [1.165, 1.54) is 4.31 Å². The van der Waals surface area contributed by atoms with E-state index in [0.29, 0.717) is 0 Å². The molecule has 1 fully saturated rings. The third-order valence-corrected chi connectivity index (χ3v) is 8.09. The molecule has 0 aliphatic carbocycles. The van der Waals surface area contributed by atoms with Gasteiger partial charge in [0.1, 0.15) is 0 Å². The Morgan fingerprint density at radius 1 is 1.03 bits per heavy atom. The summed E-state index contributed by atoms with van der Waals surface area (Å²) in [6.07, 6.45) is 1.91. The minimum atomic E-state index is -3.68. The van der Waals surface area contributed by atoms with E-state index in [0.717, 1.165) is 16.5 Å². The van der Waals surface area contributed by atoms with Crippen LogP contribution in [0.1, 0.15) is 24.9 Å². The van der Waals surface area contributed by atoms with Crippen molar-refractivity contribution in [3.05, 3.63) is 66.4 Å². The Bertz CT molecular complexity index is 1300. The van der Waals surface area contributed by atoms with Crippen molar-refractivity contribution in [2.24, 2.45) is 7.05 Å². The van der Waals surface area contributed by atoms with Crippen LogP contribution in [0.4, 0.5) is 4.79 Å². The third-order valence-electron chi connectivity index (χ3n) is 6.20. The van der Waals surface area contributed by atoms with Gasteiger partial charge in [-0.25, -0.2) is 13.2 Å². The molecule has 9 nitrogen and oxygen atoms in total. The predicted octanol–water partition coefficient (Wildman–Crippen LogP) is 2.89. The monoisotopic (exact) mass is 498 g/mol. The summed E-state index contributed by atoms with van der Waals surface area (Å²) >= 11 is 0. The van der Waals surface area contributed by atoms with Gasteiger partial charge in [0.2, 0.25) is 10.0 Å². The summed E-state index contributed by atoms with van der Waals surface area (Å²) in [5.74, 6) is -0.395. The maximum absolute atomic E-state index is 13.2. The molecule has 35 heavy (non-hydrogen) atoms. The summed E-state index contributed by atoms with van der Waals surface area (Å²) in [5, 5.41) is 3.78. The molecular formula is C25H30N4O5S. The number of carbonyl (C=O) groups excluding carboxylic acids is 2. The van der Waals surface area contributed by atoms with Gasteiger partial charge in [0, 0.05) is 50.3 Å². The summed E-state index contributed by atoms with van der Waals surface area (Å²) in [5.41, 5.74) is 1.76. The second-order valence-electron chi connectivity index (χ2n) is 8.46. The number of aromatic nitrogens is 1. The molecule has 186 valence electrons. The minimum Gasteiger partial charge on any atom is -0.466 e. The predicted molar refractivity (Wildman–Crippen MR) is 132 cm³/mol. The molecule has 0 spiro atoms. The number of hydrogen-bond donors (Lipinski definition) is 1. The Morgan fingerprint density at radius 2 is 1.74 bits per heavy atom. The SMILES string of the molecule is CCOC(=O)CC(NC(=O)N1CCN(S(=O)(=O)c2ccc3c(ccn3C)c2)CC1)c1ccccc1. The number of carbonyl (C=O) groups is 2. The summed E-state index contributed by atoms with van der Waals surface area (Å²) in [6, 6.07) is 15.4. The van der Waals surface area contributed by atoms with E-state index in [2.05, 4.69) is 5.32 Å². The number of rotatable bonds is 7. The van der Waals surface area contributed by atoms with Crippen LogP contribution in [0, 0.1) is 0 Å². The fourth-order valence-corrected chi connectivity index (χ4v) is 5.72. The van der Waals surface area contributed by atoms with Crippen LogP contribution in [0.15, 0.2) is 65.7 Å². The highest BCUT2D eigenvalue weighted by Crippen LogP contribution is 2.24. The van der Waals surface area contributed by atoms with E-state index < -0.39 is 22.0 Å². The first-order chi connectivity index (χ1) is 16.8. The largest absolute Gasteiger partial charge is 0.466 e. The summed E-state index contributed by atoms with van der Waals surface area (Å²) in [4.78, 5) is 26.9. The van der Waals surface area contributed by atoms with Crippen LogP contribution in [0.5, 0.6) is 0 Å². The molecule has 10 heteroatoms. The number of sulfonamides is 1. The Kier molecular flexibility index (Phi) is 7.42. The van der Waals surface area contributed by atoms with Gasteiger partial charge in [0.15, 0.2) is 0 Å². The molecule has 3 aromatic rings. The molecule has 0 radical (unpaired) electrons. The van der Waals surface area contributed by atoms with E-state index in [1.54, 1.807) is 30.0 Å². The highest BCUT2D eigenvalue weighted by Gasteiger charge is 2.31. The molecule has 1 atom stereocenters. The van der Waals surface area contributed by atoms with Gasteiger partial charge in [-0.3, -0.25) is 4.79 Å². The van der Waals surface area contributed by atoms with Crippen molar-refractivity contribution in [3.63, 3.8) is 0 Å². The molecule has 1 aliphatic heterocycles. The van der Waals surface area contributed by atoms with Crippen LogP contribution >= 0.6 is 0 Å². The van der Waals surface area contributed by atoms with Crippen molar-refractivity contribution in [1.29, 1.82) is 0 Å². The third kappa shape index (κ3) is 5.49. The fraction of sp³-hybridized carbons (Fsp3) is 0.360. The minimum absolute atomic E-state index is 0.0138. The maximum Gasteiger partial charge on any atom is 0.317 e. The number of aryl methyl sites for hydroxylation is 1. The lowest BCUT2D eigenvalue weighted by Crippen LogP contribution is -2.53. The average molecular weight is 499 g/mol. The van der Waals surface area contributed by atoms with E-state index in [-0.39, 0.29) is 50.1 Å². The Morgan fingerprint density at radius 3 is 2.43 bits per heavy atom. The Balaban J connectivity index is 1.41. The number of piperazine rings is 1. The van der Waals surface area contributed by atoms with Crippen molar-refractivity contribution < 1.29 is 22.7 Å². The lowest BCUT2D eigenvalue weighted by molar-refractivity contribution is -0.143. The Labute approximate surface area is 205 Å². The van der Waals surface area contributed by atoms with Gasteiger partial charge in [0.25, 0.3) is 0 Å². The molecule has 0 bridgehead atoms. The van der Waals surface area contributed by atoms with Gasteiger partial charge >= 0.3 is 12.0 Å². The van der Waals surface area contributed by atoms with Crippen LogP contribution in [0.25, 0.3) is 10.9 Å².